The Morgan fingerprint density at radius 3 is 2.91 bits per heavy atom. The van der Waals surface area contributed by atoms with E-state index in [4.69, 9.17) is 4.74 Å². The topological polar surface area (TPSA) is 58.6 Å². The van der Waals surface area contributed by atoms with Gasteiger partial charge in [0.05, 0.1) is 0 Å². The Labute approximate surface area is 131 Å². The second-order valence-corrected chi connectivity index (χ2v) is 5.67. The van der Waals surface area contributed by atoms with Crippen LogP contribution in [0.5, 0.6) is 5.75 Å². The van der Waals surface area contributed by atoms with Crippen molar-refractivity contribution in [3.05, 3.63) is 29.3 Å². The lowest BCUT2D eigenvalue weighted by Crippen LogP contribution is -2.33. The molecule has 1 aromatic rings. The minimum absolute atomic E-state index is 0.0208. The fraction of sp³-hybridized carbons (Fsp3) is 0.529. The summed E-state index contributed by atoms with van der Waals surface area (Å²) in [6.45, 7) is 6.16. The van der Waals surface area contributed by atoms with Gasteiger partial charge < -0.3 is 15.0 Å². The average molecular weight is 304 g/mol. The SMILES string of the molecule is Cc1cccc(OCC(=O)NCCCN2CCCC2=O)c1C. The van der Waals surface area contributed by atoms with Crippen molar-refractivity contribution in [2.75, 3.05) is 26.2 Å². The quantitative estimate of drug-likeness (QED) is 0.782. The van der Waals surface area contributed by atoms with Crippen molar-refractivity contribution in [2.45, 2.75) is 33.1 Å². The molecule has 1 heterocycles. The number of aryl methyl sites for hydroxylation is 1. The smallest absolute Gasteiger partial charge is 0.257 e. The number of likely N-dealkylation sites (tertiary alicyclic amines) is 1. The first-order chi connectivity index (χ1) is 10.6. The summed E-state index contributed by atoms with van der Waals surface area (Å²) in [6.07, 6.45) is 2.39. The number of benzene rings is 1. The largest absolute Gasteiger partial charge is 0.483 e. The second kappa shape index (κ2) is 7.82. The fourth-order valence-electron chi connectivity index (χ4n) is 2.51. The number of carbonyl (C=O) groups excluding carboxylic acids is 2. The van der Waals surface area contributed by atoms with Crippen molar-refractivity contribution >= 4 is 11.8 Å². The molecular weight excluding hydrogens is 280 g/mol. The van der Waals surface area contributed by atoms with E-state index in [0.717, 1.165) is 42.8 Å². The molecule has 0 atom stereocenters. The molecule has 1 aliphatic rings. The monoisotopic (exact) mass is 304 g/mol. The van der Waals surface area contributed by atoms with Crippen LogP contribution in [0.25, 0.3) is 0 Å². The number of ether oxygens (including phenoxy) is 1. The Kier molecular flexibility index (Phi) is 5.81. The first-order valence-electron chi connectivity index (χ1n) is 7.81. The van der Waals surface area contributed by atoms with E-state index in [9.17, 15) is 9.59 Å². The van der Waals surface area contributed by atoms with Gasteiger partial charge >= 0.3 is 0 Å². The maximum absolute atomic E-state index is 11.8. The number of amides is 2. The maximum atomic E-state index is 11.8. The number of hydrogen-bond acceptors (Lipinski definition) is 3. The second-order valence-electron chi connectivity index (χ2n) is 5.67. The molecule has 0 bridgehead atoms. The highest BCUT2D eigenvalue weighted by Crippen LogP contribution is 2.20. The van der Waals surface area contributed by atoms with Crippen LogP contribution in [0.2, 0.25) is 0 Å². The molecule has 0 aromatic heterocycles. The molecule has 1 saturated heterocycles. The third-order valence-corrected chi connectivity index (χ3v) is 4.01. The van der Waals surface area contributed by atoms with E-state index in [-0.39, 0.29) is 18.4 Å². The van der Waals surface area contributed by atoms with Gasteiger partial charge in [0.15, 0.2) is 6.61 Å². The predicted molar refractivity (Wildman–Crippen MR) is 84.9 cm³/mol. The van der Waals surface area contributed by atoms with Gasteiger partial charge in [-0.3, -0.25) is 9.59 Å². The summed E-state index contributed by atoms with van der Waals surface area (Å²) >= 11 is 0. The van der Waals surface area contributed by atoms with Crippen LogP contribution in [-0.2, 0) is 9.59 Å². The van der Waals surface area contributed by atoms with Crippen LogP contribution >= 0.6 is 0 Å². The minimum Gasteiger partial charge on any atom is -0.483 e. The summed E-state index contributed by atoms with van der Waals surface area (Å²) in [4.78, 5) is 25.1. The maximum Gasteiger partial charge on any atom is 0.257 e. The number of nitrogens with zero attached hydrogens (tertiary/aromatic N) is 1. The minimum atomic E-state index is -0.131. The van der Waals surface area contributed by atoms with Crippen molar-refractivity contribution in [3.8, 4) is 5.75 Å². The molecule has 120 valence electrons. The molecule has 0 aliphatic carbocycles. The van der Waals surface area contributed by atoms with Crippen LogP contribution in [-0.4, -0.2) is 43.0 Å². The van der Waals surface area contributed by atoms with Crippen LogP contribution in [0.3, 0.4) is 0 Å². The van der Waals surface area contributed by atoms with E-state index < -0.39 is 0 Å². The molecule has 5 heteroatoms. The molecule has 0 spiro atoms. The Bertz CT molecular complexity index is 543. The van der Waals surface area contributed by atoms with E-state index in [2.05, 4.69) is 5.32 Å². The van der Waals surface area contributed by atoms with Crippen LogP contribution in [0.4, 0.5) is 0 Å². The lowest BCUT2D eigenvalue weighted by atomic mass is 10.1. The normalized spacial score (nSPS) is 14.3. The molecule has 1 fully saturated rings. The molecule has 0 saturated carbocycles. The van der Waals surface area contributed by atoms with Gasteiger partial charge in [0.1, 0.15) is 5.75 Å². The van der Waals surface area contributed by atoms with Gasteiger partial charge in [0, 0.05) is 26.1 Å². The summed E-state index contributed by atoms with van der Waals surface area (Å²) in [6, 6.07) is 5.80. The Balaban J connectivity index is 1.63. The molecular formula is C17H24N2O3. The summed E-state index contributed by atoms with van der Waals surface area (Å²) in [5, 5.41) is 2.82. The van der Waals surface area contributed by atoms with E-state index in [1.165, 1.54) is 0 Å². The number of hydrogen-bond donors (Lipinski definition) is 1. The number of nitrogens with one attached hydrogen (secondary N) is 1. The molecule has 22 heavy (non-hydrogen) atoms. The van der Waals surface area contributed by atoms with E-state index in [1.807, 2.05) is 36.9 Å². The van der Waals surface area contributed by atoms with Crippen molar-refractivity contribution in [1.29, 1.82) is 0 Å². The lowest BCUT2D eigenvalue weighted by Gasteiger charge is -2.15. The van der Waals surface area contributed by atoms with E-state index in [0.29, 0.717) is 13.0 Å². The molecule has 5 nitrogen and oxygen atoms in total. The zero-order valence-electron chi connectivity index (χ0n) is 13.4. The average Bonchev–Trinajstić information content (AvgIpc) is 2.90. The molecule has 1 aromatic carbocycles. The van der Waals surface area contributed by atoms with Crippen LogP contribution in [0.15, 0.2) is 18.2 Å². The fourth-order valence-corrected chi connectivity index (χ4v) is 2.51. The van der Waals surface area contributed by atoms with E-state index >= 15 is 0 Å². The highest BCUT2D eigenvalue weighted by Gasteiger charge is 2.19. The number of carbonyl (C=O) groups is 2. The highest BCUT2D eigenvalue weighted by molar-refractivity contribution is 5.78. The zero-order chi connectivity index (χ0) is 15.9. The highest BCUT2D eigenvalue weighted by atomic mass is 16.5. The Hall–Kier alpha value is -2.04. The predicted octanol–water partition coefficient (Wildman–Crippen LogP) is 1.81. The van der Waals surface area contributed by atoms with Gasteiger partial charge in [0.25, 0.3) is 5.91 Å². The summed E-state index contributed by atoms with van der Waals surface area (Å²) in [7, 11) is 0. The summed E-state index contributed by atoms with van der Waals surface area (Å²) in [5.74, 6) is 0.844. The molecule has 0 radical (unpaired) electrons. The standard InChI is InChI=1S/C17H24N2O3/c1-13-6-3-7-15(14(13)2)22-12-16(20)18-9-5-11-19-10-4-8-17(19)21/h3,6-7H,4-5,8-12H2,1-2H3,(H,18,20). The van der Waals surface area contributed by atoms with Crippen molar-refractivity contribution in [2.24, 2.45) is 0 Å². The van der Waals surface area contributed by atoms with Gasteiger partial charge in [-0.15, -0.1) is 0 Å². The Morgan fingerprint density at radius 2 is 2.18 bits per heavy atom. The zero-order valence-corrected chi connectivity index (χ0v) is 13.4. The van der Waals surface area contributed by atoms with E-state index in [1.54, 1.807) is 0 Å². The van der Waals surface area contributed by atoms with Crippen molar-refractivity contribution in [3.63, 3.8) is 0 Å². The van der Waals surface area contributed by atoms with Crippen LogP contribution in [0, 0.1) is 13.8 Å². The summed E-state index contributed by atoms with van der Waals surface area (Å²) in [5.41, 5.74) is 2.20. The third-order valence-electron chi connectivity index (χ3n) is 4.01. The lowest BCUT2D eigenvalue weighted by molar-refractivity contribution is -0.127. The Morgan fingerprint density at radius 1 is 1.36 bits per heavy atom. The van der Waals surface area contributed by atoms with Gasteiger partial charge in [-0.05, 0) is 43.9 Å². The van der Waals surface area contributed by atoms with Gasteiger partial charge in [-0.2, -0.15) is 0 Å². The van der Waals surface area contributed by atoms with Crippen LogP contribution < -0.4 is 10.1 Å². The van der Waals surface area contributed by atoms with Gasteiger partial charge in [-0.1, -0.05) is 12.1 Å². The summed E-state index contributed by atoms with van der Waals surface area (Å²) < 4.78 is 5.55. The van der Waals surface area contributed by atoms with Crippen LogP contribution in [0.1, 0.15) is 30.4 Å². The molecule has 1 aliphatic heterocycles. The van der Waals surface area contributed by atoms with Crippen molar-refractivity contribution in [1.82, 2.24) is 10.2 Å². The molecule has 2 rings (SSSR count). The van der Waals surface area contributed by atoms with Crippen molar-refractivity contribution < 1.29 is 14.3 Å². The molecule has 2 amide bonds. The number of rotatable bonds is 7. The van der Waals surface area contributed by atoms with Gasteiger partial charge in [0.2, 0.25) is 5.91 Å². The first-order valence-corrected chi connectivity index (χ1v) is 7.81. The molecule has 1 N–H and O–H groups in total. The first kappa shape index (κ1) is 16.3. The molecule has 0 unspecified atom stereocenters. The third kappa shape index (κ3) is 4.48. The van der Waals surface area contributed by atoms with Gasteiger partial charge in [-0.25, -0.2) is 0 Å².